The molecule has 2 aromatic rings. The fourth-order valence-corrected chi connectivity index (χ4v) is 2.01. The van der Waals surface area contributed by atoms with E-state index in [1.165, 1.54) is 12.8 Å². The Bertz CT molecular complexity index is 619. The maximum absolute atomic E-state index is 11.2. The summed E-state index contributed by atoms with van der Waals surface area (Å²) in [6.07, 6.45) is 6.82. The number of ether oxygens (including phenoxy) is 1. The fourth-order valence-electron chi connectivity index (χ4n) is 2.01. The fraction of sp³-hybridized carbons (Fsp3) is 0.312. The Kier molecular flexibility index (Phi) is 3.46. The lowest BCUT2D eigenvalue weighted by Gasteiger charge is -2.09. The van der Waals surface area contributed by atoms with E-state index in [1.54, 1.807) is 18.5 Å². The molecule has 0 saturated heterocycles. The summed E-state index contributed by atoms with van der Waals surface area (Å²) in [4.78, 5) is 19.5. The zero-order valence-electron chi connectivity index (χ0n) is 11.4. The van der Waals surface area contributed by atoms with Crippen molar-refractivity contribution in [3.63, 3.8) is 0 Å². The van der Waals surface area contributed by atoms with E-state index < -0.39 is 0 Å². The van der Waals surface area contributed by atoms with Crippen LogP contribution >= 0.6 is 0 Å². The summed E-state index contributed by atoms with van der Waals surface area (Å²) in [6.45, 7) is 2.59. The number of aldehydes is 1. The van der Waals surface area contributed by atoms with Crippen molar-refractivity contribution in [1.29, 1.82) is 0 Å². The second kappa shape index (κ2) is 5.41. The third-order valence-corrected chi connectivity index (χ3v) is 3.43. The van der Waals surface area contributed by atoms with Gasteiger partial charge in [-0.3, -0.25) is 4.79 Å². The Morgan fingerprint density at radius 1 is 1.30 bits per heavy atom. The zero-order valence-corrected chi connectivity index (χ0v) is 11.4. The summed E-state index contributed by atoms with van der Waals surface area (Å²) in [6, 6.07) is 5.51. The van der Waals surface area contributed by atoms with Gasteiger partial charge < -0.3 is 4.74 Å². The van der Waals surface area contributed by atoms with Crippen LogP contribution in [-0.2, 0) is 0 Å². The molecule has 1 fully saturated rings. The third-order valence-electron chi connectivity index (χ3n) is 3.43. The molecule has 20 heavy (non-hydrogen) atoms. The minimum atomic E-state index is 0.622. The maximum atomic E-state index is 11.2. The van der Waals surface area contributed by atoms with E-state index in [4.69, 9.17) is 4.74 Å². The molecule has 3 rings (SSSR count). The maximum Gasteiger partial charge on any atom is 0.150 e. The molecule has 4 heteroatoms. The number of hydrogen-bond donors (Lipinski definition) is 0. The van der Waals surface area contributed by atoms with E-state index in [-0.39, 0.29) is 0 Å². The Hall–Kier alpha value is -2.23. The molecule has 0 atom stereocenters. The Morgan fingerprint density at radius 2 is 2.05 bits per heavy atom. The van der Waals surface area contributed by atoms with Crippen molar-refractivity contribution in [1.82, 2.24) is 9.97 Å². The number of nitrogens with zero attached hydrogens (tertiary/aromatic N) is 2. The molecule has 0 aliphatic heterocycles. The normalized spacial score (nSPS) is 14.1. The van der Waals surface area contributed by atoms with Crippen LogP contribution in [0.4, 0.5) is 0 Å². The first-order valence-electron chi connectivity index (χ1n) is 6.77. The minimum absolute atomic E-state index is 0.622. The SMILES string of the molecule is Cc1ncc(-c2cc(OCC3CC3)ccc2C=O)cn1. The van der Waals surface area contributed by atoms with E-state index in [0.29, 0.717) is 17.3 Å². The zero-order chi connectivity index (χ0) is 13.9. The molecule has 0 unspecified atom stereocenters. The molecule has 4 nitrogen and oxygen atoms in total. The van der Waals surface area contributed by atoms with Crippen molar-refractivity contribution >= 4 is 6.29 Å². The predicted octanol–water partition coefficient (Wildman–Crippen LogP) is 3.05. The molecule has 0 spiro atoms. The van der Waals surface area contributed by atoms with Crippen LogP contribution in [0.3, 0.4) is 0 Å². The third kappa shape index (κ3) is 2.85. The van der Waals surface area contributed by atoms with Gasteiger partial charge in [0.05, 0.1) is 6.61 Å². The first kappa shape index (κ1) is 12.8. The number of carbonyl (C=O) groups is 1. The largest absolute Gasteiger partial charge is 0.493 e. The highest BCUT2D eigenvalue weighted by atomic mass is 16.5. The van der Waals surface area contributed by atoms with Crippen LogP contribution < -0.4 is 4.74 Å². The summed E-state index contributed by atoms with van der Waals surface area (Å²) in [5.74, 6) is 2.20. The van der Waals surface area contributed by atoms with Gasteiger partial charge in [0, 0.05) is 23.5 Å². The summed E-state index contributed by atoms with van der Waals surface area (Å²) in [5, 5.41) is 0. The van der Waals surface area contributed by atoms with Gasteiger partial charge in [0.25, 0.3) is 0 Å². The van der Waals surface area contributed by atoms with E-state index in [1.807, 2.05) is 19.1 Å². The topological polar surface area (TPSA) is 52.1 Å². The lowest BCUT2D eigenvalue weighted by atomic mass is 10.0. The summed E-state index contributed by atoms with van der Waals surface area (Å²) >= 11 is 0. The quantitative estimate of drug-likeness (QED) is 0.782. The average molecular weight is 268 g/mol. The molecular weight excluding hydrogens is 252 g/mol. The Balaban J connectivity index is 1.91. The van der Waals surface area contributed by atoms with Gasteiger partial charge in [0.2, 0.25) is 0 Å². The molecule has 0 amide bonds. The lowest BCUT2D eigenvalue weighted by molar-refractivity contribution is 0.112. The number of carbonyl (C=O) groups excluding carboxylic acids is 1. The van der Waals surface area contributed by atoms with Crippen molar-refractivity contribution in [3.8, 4) is 16.9 Å². The highest BCUT2D eigenvalue weighted by Gasteiger charge is 2.22. The van der Waals surface area contributed by atoms with Crippen LogP contribution in [0.15, 0.2) is 30.6 Å². The summed E-state index contributed by atoms with van der Waals surface area (Å²) in [5.41, 5.74) is 2.26. The summed E-state index contributed by atoms with van der Waals surface area (Å²) in [7, 11) is 0. The minimum Gasteiger partial charge on any atom is -0.493 e. The molecule has 0 N–H and O–H groups in total. The number of hydrogen-bond acceptors (Lipinski definition) is 4. The predicted molar refractivity (Wildman–Crippen MR) is 75.8 cm³/mol. The molecule has 0 bridgehead atoms. The van der Waals surface area contributed by atoms with Gasteiger partial charge in [-0.1, -0.05) is 0 Å². The first-order valence-corrected chi connectivity index (χ1v) is 6.77. The van der Waals surface area contributed by atoms with Gasteiger partial charge in [-0.25, -0.2) is 9.97 Å². The Morgan fingerprint density at radius 3 is 2.70 bits per heavy atom. The van der Waals surface area contributed by atoms with Crippen molar-refractivity contribution in [2.24, 2.45) is 5.92 Å². The van der Waals surface area contributed by atoms with Crippen molar-refractivity contribution in [2.75, 3.05) is 6.61 Å². The molecule has 1 aromatic heterocycles. The average Bonchev–Trinajstić information content (AvgIpc) is 3.30. The molecule has 1 heterocycles. The van der Waals surface area contributed by atoms with Crippen LogP contribution in [0.25, 0.3) is 11.1 Å². The van der Waals surface area contributed by atoms with E-state index in [9.17, 15) is 4.79 Å². The highest BCUT2D eigenvalue weighted by Crippen LogP contribution is 2.31. The number of benzene rings is 1. The van der Waals surface area contributed by atoms with E-state index in [2.05, 4.69) is 9.97 Å². The van der Waals surface area contributed by atoms with Gasteiger partial charge in [-0.05, 0) is 49.4 Å². The molecule has 1 saturated carbocycles. The lowest BCUT2D eigenvalue weighted by Crippen LogP contribution is -2.00. The van der Waals surface area contributed by atoms with Crippen molar-refractivity contribution < 1.29 is 9.53 Å². The smallest absolute Gasteiger partial charge is 0.150 e. The molecular formula is C16H16N2O2. The molecule has 1 aliphatic rings. The van der Waals surface area contributed by atoms with Crippen LogP contribution in [0.1, 0.15) is 29.0 Å². The van der Waals surface area contributed by atoms with Crippen LogP contribution in [0, 0.1) is 12.8 Å². The van der Waals surface area contributed by atoms with Crippen LogP contribution in [0.2, 0.25) is 0 Å². The van der Waals surface area contributed by atoms with E-state index >= 15 is 0 Å². The van der Waals surface area contributed by atoms with Crippen LogP contribution in [-0.4, -0.2) is 22.9 Å². The Labute approximate surface area is 117 Å². The van der Waals surface area contributed by atoms with Crippen LogP contribution in [0.5, 0.6) is 5.75 Å². The monoisotopic (exact) mass is 268 g/mol. The van der Waals surface area contributed by atoms with E-state index in [0.717, 1.165) is 29.8 Å². The number of aryl methyl sites for hydroxylation is 1. The standard InChI is InChI=1S/C16H16N2O2/c1-11-17-7-14(8-18-11)16-6-15(5-4-13(16)9-19)20-10-12-2-3-12/h4-9,12H,2-3,10H2,1H3. The van der Waals surface area contributed by atoms with Gasteiger partial charge in [0.1, 0.15) is 11.6 Å². The number of aromatic nitrogens is 2. The van der Waals surface area contributed by atoms with Gasteiger partial charge in [-0.15, -0.1) is 0 Å². The van der Waals surface area contributed by atoms with Gasteiger partial charge in [0.15, 0.2) is 6.29 Å². The molecule has 102 valence electrons. The summed E-state index contributed by atoms with van der Waals surface area (Å²) < 4.78 is 5.76. The number of rotatable bonds is 5. The van der Waals surface area contributed by atoms with Crippen molar-refractivity contribution in [2.45, 2.75) is 19.8 Å². The van der Waals surface area contributed by atoms with Crippen molar-refractivity contribution in [3.05, 3.63) is 42.0 Å². The second-order valence-electron chi connectivity index (χ2n) is 5.14. The molecule has 1 aliphatic carbocycles. The molecule has 0 radical (unpaired) electrons. The highest BCUT2D eigenvalue weighted by molar-refractivity contribution is 5.87. The van der Waals surface area contributed by atoms with Gasteiger partial charge in [-0.2, -0.15) is 0 Å². The second-order valence-corrected chi connectivity index (χ2v) is 5.14. The molecule has 1 aromatic carbocycles. The first-order chi connectivity index (χ1) is 9.76. The van der Waals surface area contributed by atoms with Gasteiger partial charge >= 0.3 is 0 Å².